The van der Waals surface area contributed by atoms with Crippen molar-refractivity contribution in [1.82, 2.24) is 10.2 Å². The molecule has 1 fully saturated rings. The molecule has 0 aromatic heterocycles. The van der Waals surface area contributed by atoms with Crippen molar-refractivity contribution in [3.8, 4) is 0 Å². The molecule has 0 spiro atoms. The minimum Gasteiger partial charge on any atom is -0.383 e. The van der Waals surface area contributed by atoms with Gasteiger partial charge in [-0.15, -0.1) is 0 Å². The highest BCUT2D eigenvalue weighted by molar-refractivity contribution is 5.90. The lowest BCUT2D eigenvalue weighted by molar-refractivity contribution is 0.0343. The van der Waals surface area contributed by atoms with E-state index in [2.05, 4.69) is 15.5 Å². The van der Waals surface area contributed by atoms with Crippen LogP contribution in [-0.2, 0) is 16.0 Å². The van der Waals surface area contributed by atoms with Crippen LogP contribution in [0.4, 0.5) is 10.5 Å². The molecule has 1 atom stereocenters. The van der Waals surface area contributed by atoms with E-state index in [4.69, 9.17) is 9.47 Å². The van der Waals surface area contributed by atoms with Gasteiger partial charge in [0.2, 0.25) is 0 Å². The van der Waals surface area contributed by atoms with E-state index >= 15 is 0 Å². The average Bonchev–Trinajstić information content (AvgIpc) is 2.50. The summed E-state index contributed by atoms with van der Waals surface area (Å²) < 4.78 is 10.4. The highest BCUT2D eigenvalue weighted by Gasteiger charge is 2.14. The van der Waals surface area contributed by atoms with E-state index in [-0.39, 0.29) is 12.1 Å². The molecule has 0 bridgehead atoms. The van der Waals surface area contributed by atoms with Gasteiger partial charge in [-0.3, -0.25) is 4.90 Å². The fraction of sp³-hybridized carbons (Fsp3) is 0.562. The second kappa shape index (κ2) is 8.73. The van der Waals surface area contributed by atoms with Gasteiger partial charge in [-0.1, -0.05) is 18.2 Å². The maximum Gasteiger partial charge on any atom is 0.319 e. The first-order valence-corrected chi connectivity index (χ1v) is 7.63. The number of hydrogen-bond acceptors (Lipinski definition) is 4. The van der Waals surface area contributed by atoms with Crippen molar-refractivity contribution >= 4 is 11.7 Å². The Morgan fingerprint density at radius 1 is 1.36 bits per heavy atom. The summed E-state index contributed by atoms with van der Waals surface area (Å²) in [5, 5.41) is 5.78. The topological polar surface area (TPSA) is 62.8 Å². The van der Waals surface area contributed by atoms with Crippen LogP contribution in [0.3, 0.4) is 0 Å². The third-order valence-electron chi connectivity index (χ3n) is 3.56. The van der Waals surface area contributed by atoms with Gasteiger partial charge in [0.25, 0.3) is 0 Å². The third-order valence-corrected chi connectivity index (χ3v) is 3.56. The van der Waals surface area contributed by atoms with Crippen molar-refractivity contribution in [2.24, 2.45) is 0 Å². The quantitative estimate of drug-likeness (QED) is 0.839. The molecule has 6 nitrogen and oxygen atoms in total. The van der Waals surface area contributed by atoms with Gasteiger partial charge in [0.15, 0.2) is 0 Å². The van der Waals surface area contributed by atoms with E-state index < -0.39 is 0 Å². The molecule has 1 saturated heterocycles. The lowest BCUT2D eigenvalue weighted by Gasteiger charge is -2.27. The van der Waals surface area contributed by atoms with Gasteiger partial charge in [-0.25, -0.2) is 4.79 Å². The number of nitrogens with zero attached hydrogens (tertiary/aromatic N) is 1. The first kappa shape index (κ1) is 16.7. The molecule has 122 valence electrons. The second-order valence-electron chi connectivity index (χ2n) is 5.50. The van der Waals surface area contributed by atoms with Crippen molar-refractivity contribution in [2.45, 2.75) is 19.5 Å². The van der Waals surface area contributed by atoms with Gasteiger partial charge < -0.3 is 20.1 Å². The van der Waals surface area contributed by atoms with Crippen LogP contribution in [0.2, 0.25) is 0 Å². The summed E-state index contributed by atoms with van der Waals surface area (Å²) >= 11 is 0. The minimum absolute atomic E-state index is 0.0311. The smallest absolute Gasteiger partial charge is 0.319 e. The van der Waals surface area contributed by atoms with Crippen LogP contribution in [0.1, 0.15) is 12.5 Å². The Hall–Kier alpha value is -1.63. The van der Waals surface area contributed by atoms with Crippen LogP contribution in [0, 0.1) is 0 Å². The molecule has 0 radical (unpaired) electrons. The summed E-state index contributed by atoms with van der Waals surface area (Å²) in [6.45, 7) is 6.59. The molecule has 1 aliphatic rings. The molecule has 0 aliphatic carbocycles. The summed E-state index contributed by atoms with van der Waals surface area (Å²) in [5.74, 6) is 0. The monoisotopic (exact) mass is 307 g/mol. The number of methoxy groups -OCH3 is 1. The van der Waals surface area contributed by atoms with Crippen molar-refractivity contribution in [3.63, 3.8) is 0 Å². The SMILES string of the molecule is COCC(C)NC(=O)Nc1ccccc1CN1CCOCC1. The minimum atomic E-state index is -0.209. The van der Waals surface area contributed by atoms with Gasteiger partial charge in [0.05, 0.1) is 25.9 Å². The van der Waals surface area contributed by atoms with Gasteiger partial charge in [0, 0.05) is 32.4 Å². The first-order valence-electron chi connectivity index (χ1n) is 7.63. The molecule has 2 amide bonds. The fourth-order valence-electron chi connectivity index (χ4n) is 2.45. The van der Waals surface area contributed by atoms with Crippen LogP contribution >= 0.6 is 0 Å². The number of hydrogen-bond donors (Lipinski definition) is 2. The average molecular weight is 307 g/mol. The molecule has 22 heavy (non-hydrogen) atoms. The van der Waals surface area contributed by atoms with Gasteiger partial charge >= 0.3 is 6.03 Å². The number of morpholine rings is 1. The van der Waals surface area contributed by atoms with Gasteiger partial charge in [0.1, 0.15) is 0 Å². The zero-order valence-corrected chi connectivity index (χ0v) is 13.3. The summed E-state index contributed by atoms with van der Waals surface area (Å²) in [6, 6.07) is 7.65. The molecule has 1 unspecified atom stereocenters. The number of rotatable bonds is 6. The van der Waals surface area contributed by atoms with E-state index in [9.17, 15) is 4.79 Å². The Labute approximate surface area is 131 Å². The largest absolute Gasteiger partial charge is 0.383 e. The maximum atomic E-state index is 12.0. The fourth-order valence-corrected chi connectivity index (χ4v) is 2.45. The zero-order valence-electron chi connectivity index (χ0n) is 13.3. The lowest BCUT2D eigenvalue weighted by Crippen LogP contribution is -2.39. The Balaban J connectivity index is 1.94. The number of carbonyl (C=O) groups is 1. The van der Waals surface area contributed by atoms with E-state index in [0.29, 0.717) is 6.61 Å². The van der Waals surface area contributed by atoms with E-state index in [1.54, 1.807) is 7.11 Å². The number of ether oxygens (including phenoxy) is 2. The van der Waals surface area contributed by atoms with Crippen LogP contribution in [0.5, 0.6) is 0 Å². The molecule has 2 N–H and O–H groups in total. The number of urea groups is 1. The van der Waals surface area contributed by atoms with Crippen LogP contribution in [-0.4, -0.2) is 57.0 Å². The Morgan fingerprint density at radius 2 is 2.09 bits per heavy atom. The Morgan fingerprint density at radius 3 is 2.82 bits per heavy atom. The summed E-state index contributed by atoms with van der Waals surface area (Å²) in [5.41, 5.74) is 1.95. The zero-order chi connectivity index (χ0) is 15.8. The molecular formula is C16H25N3O3. The molecule has 0 saturated carbocycles. The second-order valence-corrected chi connectivity index (χ2v) is 5.50. The van der Waals surface area contributed by atoms with Crippen LogP contribution in [0.15, 0.2) is 24.3 Å². The molecular weight excluding hydrogens is 282 g/mol. The number of amides is 2. The van der Waals surface area contributed by atoms with Crippen molar-refractivity contribution in [3.05, 3.63) is 29.8 Å². The molecule has 1 heterocycles. The van der Waals surface area contributed by atoms with Crippen molar-refractivity contribution < 1.29 is 14.3 Å². The maximum absolute atomic E-state index is 12.0. The van der Waals surface area contributed by atoms with E-state index in [1.807, 2.05) is 31.2 Å². The lowest BCUT2D eigenvalue weighted by atomic mass is 10.1. The number of anilines is 1. The van der Waals surface area contributed by atoms with Gasteiger partial charge in [-0.2, -0.15) is 0 Å². The number of carbonyl (C=O) groups excluding carboxylic acids is 1. The predicted octanol–water partition coefficient (Wildman–Crippen LogP) is 1.68. The highest BCUT2D eigenvalue weighted by Crippen LogP contribution is 2.17. The summed E-state index contributed by atoms with van der Waals surface area (Å²) in [7, 11) is 1.62. The molecule has 1 aromatic carbocycles. The van der Waals surface area contributed by atoms with Gasteiger partial charge in [-0.05, 0) is 18.6 Å². The van der Waals surface area contributed by atoms with E-state index in [0.717, 1.165) is 44.1 Å². The normalized spacial score (nSPS) is 17.0. The standard InChI is InChI=1S/C16H25N3O3/c1-13(12-21-2)17-16(20)18-15-6-4-3-5-14(15)11-19-7-9-22-10-8-19/h3-6,13H,7-12H2,1-2H3,(H2,17,18,20). The van der Waals surface area contributed by atoms with Crippen LogP contribution in [0.25, 0.3) is 0 Å². The Bertz CT molecular complexity index is 475. The Kier molecular flexibility index (Phi) is 6.64. The molecule has 2 rings (SSSR count). The number of nitrogens with one attached hydrogen (secondary N) is 2. The highest BCUT2D eigenvalue weighted by atomic mass is 16.5. The molecule has 1 aliphatic heterocycles. The molecule has 1 aromatic rings. The number of benzene rings is 1. The number of para-hydroxylation sites is 1. The summed E-state index contributed by atoms with van der Waals surface area (Å²) in [6.07, 6.45) is 0. The van der Waals surface area contributed by atoms with Crippen molar-refractivity contribution in [1.29, 1.82) is 0 Å². The first-order chi connectivity index (χ1) is 10.7. The third kappa shape index (κ3) is 5.29. The van der Waals surface area contributed by atoms with E-state index in [1.165, 1.54) is 0 Å². The molecule has 6 heteroatoms. The summed E-state index contributed by atoms with van der Waals surface area (Å²) in [4.78, 5) is 14.4. The van der Waals surface area contributed by atoms with Crippen LogP contribution < -0.4 is 10.6 Å². The van der Waals surface area contributed by atoms with Crippen molar-refractivity contribution in [2.75, 3.05) is 45.3 Å². The predicted molar refractivity (Wildman–Crippen MR) is 86.0 cm³/mol.